The first-order valence-electron chi connectivity index (χ1n) is 15.6. The maximum atomic E-state index is 13.2. The summed E-state index contributed by atoms with van der Waals surface area (Å²) in [5, 5.41) is 17.5. The van der Waals surface area contributed by atoms with Gasteiger partial charge in [-0.2, -0.15) is 0 Å². The SMILES string of the molecule is Cc1[nH]c2c(c1C)C(c1ccc(Cl)cc1)=N[C@@H](CC(=O)NCCCCNC(=O)CCc1cccc3c1C(=O)NC3=O)c1nnc(C)n1-2. The van der Waals surface area contributed by atoms with Crippen LogP contribution in [0.1, 0.15) is 92.0 Å². The second-order valence-corrected chi connectivity index (χ2v) is 12.2. The molecule has 2 aliphatic rings. The van der Waals surface area contributed by atoms with Gasteiger partial charge in [0.25, 0.3) is 11.8 Å². The molecule has 2 aliphatic heterocycles. The summed E-state index contributed by atoms with van der Waals surface area (Å²) >= 11 is 6.19. The second-order valence-electron chi connectivity index (χ2n) is 11.8. The van der Waals surface area contributed by atoms with Gasteiger partial charge >= 0.3 is 0 Å². The Labute approximate surface area is 276 Å². The van der Waals surface area contributed by atoms with E-state index in [1.807, 2.05) is 49.6 Å². The Morgan fingerprint density at radius 3 is 2.38 bits per heavy atom. The molecular weight excluding hydrogens is 620 g/mol. The van der Waals surface area contributed by atoms with E-state index >= 15 is 0 Å². The van der Waals surface area contributed by atoms with Crippen molar-refractivity contribution in [3.63, 3.8) is 0 Å². The minimum absolute atomic E-state index is 0.0844. The molecule has 4 N–H and O–H groups in total. The molecule has 0 radical (unpaired) electrons. The molecule has 6 rings (SSSR count). The predicted octanol–water partition coefficient (Wildman–Crippen LogP) is 3.99. The number of carbonyl (C=O) groups is 4. The maximum Gasteiger partial charge on any atom is 0.259 e. The lowest BCUT2D eigenvalue weighted by Crippen LogP contribution is -2.28. The van der Waals surface area contributed by atoms with Crippen molar-refractivity contribution < 1.29 is 19.2 Å². The van der Waals surface area contributed by atoms with Crippen molar-refractivity contribution in [2.75, 3.05) is 13.1 Å². The normalized spacial score (nSPS) is 14.9. The number of unbranched alkanes of at least 4 members (excludes halogenated alkanes) is 1. The van der Waals surface area contributed by atoms with Gasteiger partial charge in [-0.25, -0.2) is 0 Å². The number of H-pyrrole nitrogens is 1. The van der Waals surface area contributed by atoms with Crippen LogP contribution >= 0.6 is 11.6 Å². The molecule has 0 spiro atoms. The van der Waals surface area contributed by atoms with E-state index in [1.165, 1.54) is 0 Å². The van der Waals surface area contributed by atoms with Gasteiger partial charge in [-0.05, 0) is 69.4 Å². The first-order chi connectivity index (χ1) is 22.6. The smallest absolute Gasteiger partial charge is 0.259 e. The van der Waals surface area contributed by atoms with Gasteiger partial charge in [0, 0.05) is 41.4 Å². The number of hydrogen-bond donors (Lipinski definition) is 4. The number of nitrogens with one attached hydrogen (secondary N) is 4. The molecule has 13 heteroatoms. The van der Waals surface area contributed by atoms with Crippen LogP contribution in [0.3, 0.4) is 0 Å². The maximum absolute atomic E-state index is 13.2. The minimum atomic E-state index is -0.572. The molecule has 1 atom stereocenters. The molecule has 2 aromatic heterocycles. The van der Waals surface area contributed by atoms with Crippen LogP contribution < -0.4 is 16.0 Å². The topological polar surface area (TPSA) is 163 Å². The lowest BCUT2D eigenvalue weighted by atomic mass is 9.99. The quantitative estimate of drug-likeness (QED) is 0.141. The summed E-state index contributed by atoms with van der Waals surface area (Å²) in [4.78, 5) is 58.2. The summed E-state index contributed by atoms with van der Waals surface area (Å²) in [7, 11) is 0. The van der Waals surface area contributed by atoms with Gasteiger partial charge in [-0.1, -0.05) is 35.9 Å². The molecule has 4 heterocycles. The fraction of sp³-hybridized carbons (Fsp3) is 0.324. The third-order valence-electron chi connectivity index (χ3n) is 8.59. The van der Waals surface area contributed by atoms with Crippen LogP contribution in [-0.4, -0.2) is 62.2 Å². The van der Waals surface area contributed by atoms with Crippen molar-refractivity contribution >= 4 is 40.9 Å². The lowest BCUT2D eigenvalue weighted by Gasteiger charge is -2.13. The van der Waals surface area contributed by atoms with Crippen molar-refractivity contribution in [2.45, 2.75) is 58.9 Å². The number of nitrogens with zero attached hydrogens (tertiary/aromatic N) is 4. The number of imide groups is 1. The van der Waals surface area contributed by atoms with Gasteiger partial charge in [-0.15, -0.1) is 10.2 Å². The van der Waals surface area contributed by atoms with Gasteiger partial charge in [0.2, 0.25) is 11.8 Å². The van der Waals surface area contributed by atoms with Gasteiger partial charge in [0.1, 0.15) is 17.7 Å². The molecule has 0 bridgehead atoms. The number of benzene rings is 2. The Hall–Kier alpha value is -5.10. The largest absolute Gasteiger partial charge is 0.356 e. The average Bonchev–Trinajstić information content (AvgIpc) is 3.64. The molecule has 12 nitrogen and oxygen atoms in total. The zero-order valence-corrected chi connectivity index (χ0v) is 27.1. The van der Waals surface area contributed by atoms with Crippen molar-refractivity contribution in [1.29, 1.82) is 0 Å². The summed E-state index contributed by atoms with van der Waals surface area (Å²) in [6, 6.07) is 12.0. The number of aryl methyl sites for hydroxylation is 3. The third-order valence-corrected chi connectivity index (χ3v) is 8.84. The van der Waals surface area contributed by atoms with Gasteiger partial charge in [0.15, 0.2) is 5.82 Å². The minimum Gasteiger partial charge on any atom is -0.356 e. The van der Waals surface area contributed by atoms with Crippen molar-refractivity contribution in [2.24, 2.45) is 4.99 Å². The highest BCUT2D eigenvalue weighted by Gasteiger charge is 2.32. The Bertz CT molecular complexity index is 1920. The number of rotatable bonds is 11. The summed E-state index contributed by atoms with van der Waals surface area (Å²) < 4.78 is 1.95. The highest BCUT2D eigenvalue weighted by molar-refractivity contribution is 6.30. The molecule has 4 amide bonds. The van der Waals surface area contributed by atoms with Crippen LogP contribution in [-0.2, 0) is 16.0 Å². The fourth-order valence-corrected chi connectivity index (χ4v) is 6.18. The van der Waals surface area contributed by atoms with E-state index in [9.17, 15) is 19.2 Å². The van der Waals surface area contributed by atoms with E-state index in [-0.39, 0.29) is 24.7 Å². The Morgan fingerprint density at radius 2 is 1.64 bits per heavy atom. The number of aliphatic imine (C=N–C) groups is 1. The zero-order valence-electron chi connectivity index (χ0n) is 26.4. The number of aromatic nitrogens is 4. The first-order valence-corrected chi connectivity index (χ1v) is 16.0. The average molecular weight is 655 g/mol. The molecule has 0 fully saturated rings. The third kappa shape index (κ3) is 6.46. The van der Waals surface area contributed by atoms with Crippen LogP contribution in [0.4, 0.5) is 0 Å². The predicted molar refractivity (Wildman–Crippen MR) is 176 cm³/mol. The molecule has 242 valence electrons. The molecule has 4 aromatic rings. The number of hydrogen-bond acceptors (Lipinski definition) is 7. The van der Waals surface area contributed by atoms with Gasteiger partial charge in [-0.3, -0.25) is 34.1 Å². The monoisotopic (exact) mass is 654 g/mol. The molecule has 0 saturated heterocycles. The Balaban J connectivity index is 1.03. The van der Waals surface area contributed by atoms with E-state index in [4.69, 9.17) is 16.6 Å². The summed E-state index contributed by atoms with van der Waals surface area (Å²) in [5.74, 6) is 0.953. The van der Waals surface area contributed by atoms with Crippen molar-refractivity contribution in [1.82, 2.24) is 35.7 Å². The first kappa shape index (κ1) is 31.9. The summed E-state index contributed by atoms with van der Waals surface area (Å²) in [6.45, 7) is 6.83. The molecular formula is C34H35ClN8O4. The van der Waals surface area contributed by atoms with E-state index < -0.39 is 17.9 Å². The second kappa shape index (κ2) is 13.3. The Kier molecular flexibility index (Phi) is 9.04. The van der Waals surface area contributed by atoms with Crippen molar-refractivity contribution in [3.05, 3.63) is 98.2 Å². The van der Waals surface area contributed by atoms with Crippen LogP contribution in [0.5, 0.6) is 0 Å². The molecule has 0 unspecified atom stereocenters. The van der Waals surface area contributed by atoms with Gasteiger partial charge < -0.3 is 15.6 Å². The van der Waals surface area contributed by atoms with Crippen molar-refractivity contribution in [3.8, 4) is 5.82 Å². The standard InChI is InChI=1S/C34H35ClN8O4/c1-18-19(2)38-32-28(18)30(22-9-12-23(35)13-10-22)39-25(31-42-41-20(3)43(31)32)17-27(45)37-16-5-4-15-36-26(44)14-11-21-7-6-8-24-29(21)34(47)40-33(24)46/h6-10,12-13,25,38H,4-5,11,14-17H2,1-3H3,(H,36,44)(H,37,45)(H,40,46,47)/t25-/m0/s1. The van der Waals surface area contributed by atoms with E-state index in [0.717, 1.165) is 33.9 Å². The van der Waals surface area contributed by atoms with Crippen LogP contribution in [0, 0.1) is 20.8 Å². The van der Waals surface area contributed by atoms with E-state index in [1.54, 1.807) is 18.2 Å². The fourth-order valence-electron chi connectivity index (χ4n) is 6.06. The molecule has 2 aromatic carbocycles. The number of amides is 4. The summed E-state index contributed by atoms with van der Waals surface area (Å²) in [6.07, 6.45) is 1.98. The highest BCUT2D eigenvalue weighted by Crippen LogP contribution is 2.35. The van der Waals surface area contributed by atoms with E-state index in [0.29, 0.717) is 65.7 Å². The molecule has 0 aliphatic carbocycles. The molecule has 0 saturated carbocycles. The number of carbonyl (C=O) groups excluding carboxylic acids is 4. The van der Waals surface area contributed by atoms with Crippen LogP contribution in [0.2, 0.25) is 5.02 Å². The number of aromatic amines is 1. The van der Waals surface area contributed by atoms with Crippen LogP contribution in [0.15, 0.2) is 47.5 Å². The van der Waals surface area contributed by atoms with Crippen LogP contribution in [0.25, 0.3) is 5.82 Å². The van der Waals surface area contributed by atoms with E-state index in [2.05, 4.69) is 31.1 Å². The lowest BCUT2D eigenvalue weighted by molar-refractivity contribution is -0.122. The number of halogens is 1. The highest BCUT2D eigenvalue weighted by atomic mass is 35.5. The molecule has 47 heavy (non-hydrogen) atoms. The Morgan fingerprint density at radius 1 is 0.915 bits per heavy atom. The zero-order chi connectivity index (χ0) is 33.2. The van der Waals surface area contributed by atoms with Gasteiger partial charge in [0.05, 0.1) is 23.3 Å². The summed E-state index contributed by atoms with van der Waals surface area (Å²) in [5.41, 5.74) is 6.01. The number of fused-ring (bicyclic) bond motifs is 4.